The summed E-state index contributed by atoms with van der Waals surface area (Å²) in [5, 5.41) is 3.30. The van der Waals surface area contributed by atoms with Gasteiger partial charge in [-0.1, -0.05) is 42.3 Å². The number of para-hydroxylation sites is 2. The lowest BCUT2D eigenvalue weighted by molar-refractivity contribution is -0.117. The molecule has 152 valence electrons. The van der Waals surface area contributed by atoms with Gasteiger partial charge < -0.3 is 10.1 Å². The van der Waals surface area contributed by atoms with Crippen LogP contribution in [-0.4, -0.2) is 33.2 Å². The van der Waals surface area contributed by atoms with Crippen molar-refractivity contribution in [3.63, 3.8) is 0 Å². The lowest BCUT2D eigenvalue weighted by atomic mass is 10.1. The molecule has 28 heavy (non-hydrogen) atoms. The monoisotopic (exact) mass is 444 g/mol. The van der Waals surface area contributed by atoms with Crippen LogP contribution in [0.5, 0.6) is 5.75 Å². The molecule has 0 saturated carbocycles. The van der Waals surface area contributed by atoms with Crippen LogP contribution in [-0.2, 0) is 14.8 Å². The van der Waals surface area contributed by atoms with E-state index in [1.54, 1.807) is 31.2 Å². The van der Waals surface area contributed by atoms with Crippen LogP contribution in [0.2, 0.25) is 10.0 Å². The van der Waals surface area contributed by atoms with Crippen LogP contribution in [0.4, 0.5) is 11.4 Å². The number of halogens is 2. The molecular formula is C19H22Cl2N2O4S. The van der Waals surface area contributed by atoms with Gasteiger partial charge in [-0.25, -0.2) is 8.42 Å². The van der Waals surface area contributed by atoms with E-state index in [2.05, 4.69) is 5.32 Å². The first kappa shape index (κ1) is 22.3. The van der Waals surface area contributed by atoms with Crippen molar-refractivity contribution in [2.75, 3.05) is 22.5 Å². The van der Waals surface area contributed by atoms with E-state index in [0.717, 1.165) is 10.6 Å². The average Bonchev–Trinajstić information content (AvgIpc) is 2.59. The second-order valence-corrected chi connectivity index (χ2v) is 8.76. The summed E-state index contributed by atoms with van der Waals surface area (Å²) in [5.74, 6) is 0.0149. The van der Waals surface area contributed by atoms with Gasteiger partial charge in [-0.3, -0.25) is 9.10 Å². The van der Waals surface area contributed by atoms with Gasteiger partial charge in [-0.05, 0) is 43.7 Å². The molecule has 0 aromatic heterocycles. The summed E-state index contributed by atoms with van der Waals surface area (Å²) in [6.07, 6.45) is 1.27. The van der Waals surface area contributed by atoms with Crippen molar-refractivity contribution in [2.45, 2.75) is 26.3 Å². The van der Waals surface area contributed by atoms with E-state index in [9.17, 15) is 13.2 Å². The molecule has 0 bridgehead atoms. The van der Waals surface area contributed by atoms with Crippen LogP contribution in [0, 0.1) is 0 Å². The molecule has 0 aliphatic carbocycles. The summed E-state index contributed by atoms with van der Waals surface area (Å²) in [7, 11) is -3.80. The molecule has 0 saturated heterocycles. The first-order chi connectivity index (χ1) is 13.2. The van der Waals surface area contributed by atoms with Crippen molar-refractivity contribution in [2.24, 2.45) is 0 Å². The van der Waals surface area contributed by atoms with Crippen molar-refractivity contribution in [1.82, 2.24) is 0 Å². The van der Waals surface area contributed by atoms with Crippen molar-refractivity contribution < 1.29 is 17.9 Å². The van der Waals surface area contributed by atoms with E-state index in [0.29, 0.717) is 18.0 Å². The zero-order valence-electron chi connectivity index (χ0n) is 15.8. The molecule has 0 radical (unpaired) electrons. The fourth-order valence-electron chi connectivity index (χ4n) is 2.79. The molecule has 1 amide bonds. The summed E-state index contributed by atoms with van der Waals surface area (Å²) in [6, 6.07) is 10.4. The fraction of sp³-hybridized carbons (Fsp3) is 0.316. The summed E-state index contributed by atoms with van der Waals surface area (Å²) in [5.41, 5.74) is 0.686. The molecule has 2 aromatic carbocycles. The van der Waals surface area contributed by atoms with E-state index in [1.165, 1.54) is 18.2 Å². The van der Waals surface area contributed by atoms with Gasteiger partial charge >= 0.3 is 0 Å². The van der Waals surface area contributed by atoms with E-state index < -0.39 is 22.0 Å². The molecule has 2 rings (SSSR count). The number of hydrogen-bond donors (Lipinski definition) is 1. The van der Waals surface area contributed by atoms with Crippen molar-refractivity contribution in [3.8, 4) is 5.75 Å². The minimum atomic E-state index is -3.80. The maximum Gasteiger partial charge on any atom is 0.248 e. The lowest BCUT2D eigenvalue weighted by Crippen LogP contribution is -2.47. The Labute approximate surface area is 175 Å². The Hall–Kier alpha value is -1.96. The third-order valence-electron chi connectivity index (χ3n) is 3.88. The third kappa shape index (κ3) is 5.53. The second-order valence-electron chi connectivity index (χ2n) is 6.03. The Morgan fingerprint density at radius 2 is 1.75 bits per heavy atom. The van der Waals surface area contributed by atoms with Crippen LogP contribution >= 0.6 is 23.2 Å². The number of carbonyl (C=O) groups is 1. The molecule has 1 unspecified atom stereocenters. The Bertz CT molecular complexity index is 930. The van der Waals surface area contributed by atoms with Crippen LogP contribution < -0.4 is 14.4 Å². The van der Waals surface area contributed by atoms with E-state index in [-0.39, 0.29) is 22.2 Å². The van der Waals surface area contributed by atoms with Gasteiger partial charge in [0.25, 0.3) is 0 Å². The number of amides is 1. The van der Waals surface area contributed by atoms with Gasteiger partial charge in [0.2, 0.25) is 15.9 Å². The number of ether oxygens (including phenoxy) is 1. The normalized spacial score (nSPS) is 12.3. The Morgan fingerprint density at radius 1 is 1.14 bits per heavy atom. The van der Waals surface area contributed by atoms with Gasteiger partial charge in [0.05, 0.1) is 24.2 Å². The van der Waals surface area contributed by atoms with Gasteiger partial charge in [0.15, 0.2) is 0 Å². The van der Waals surface area contributed by atoms with Gasteiger partial charge in [0, 0.05) is 10.0 Å². The minimum Gasteiger partial charge on any atom is -0.492 e. The predicted octanol–water partition coefficient (Wildman–Crippen LogP) is 4.58. The van der Waals surface area contributed by atoms with Gasteiger partial charge in [0.1, 0.15) is 11.8 Å². The molecule has 0 aliphatic rings. The number of rotatable bonds is 8. The summed E-state index contributed by atoms with van der Waals surface area (Å²) < 4.78 is 31.6. The number of anilines is 2. The van der Waals surface area contributed by atoms with E-state index in [4.69, 9.17) is 27.9 Å². The van der Waals surface area contributed by atoms with Crippen molar-refractivity contribution >= 4 is 50.5 Å². The SMILES string of the molecule is CCOc1ccccc1NC(=O)C(CC)N(c1cc(Cl)cc(Cl)c1)S(C)(=O)=O. The predicted molar refractivity (Wildman–Crippen MR) is 114 cm³/mol. The van der Waals surface area contributed by atoms with Crippen LogP contribution in [0.3, 0.4) is 0 Å². The number of sulfonamides is 1. The molecule has 0 heterocycles. The van der Waals surface area contributed by atoms with Crippen LogP contribution in [0.1, 0.15) is 20.3 Å². The van der Waals surface area contributed by atoms with Crippen molar-refractivity contribution in [1.29, 1.82) is 0 Å². The molecular weight excluding hydrogens is 423 g/mol. The molecule has 9 heteroatoms. The highest BCUT2D eigenvalue weighted by Gasteiger charge is 2.32. The van der Waals surface area contributed by atoms with Crippen molar-refractivity contribution in [3.05, 3.63) is 52.5 Å². The topological polar surface area (TPSA) is 75.7 Å². The summed E-state index contributed by atoms with van der Waals surface area (Å²) in [4.78, 5) is 13.0. The van der Waals surface area contributed by atoms with Crippen LogP contribution in [0.15, 0.2) is 42.5 Å². The molecule has 1 N–H and O–H groups in total. The number of carbonyl (C=O) groups excluding carboxylic acids is 1. The maximum absolute atomic E-state index is 13.0. The first-order valence-electron chi connectivity index (χ1n) is 8.65. The molecule has 1 atom stereocenters. The molecule has 6 nitrogen and oxygen atoms in total. The second kappa shape index (κ2) is 9.49. The lowest BCUT2D eigenvalue weighted by Gasteiger charge is -2.30. The molecule has 0 spiro atoms. The Kier molecular flexibility index (Phi) is 7.57. The highest BCUT2D eigenvalue weighted by molar-refractivity contribution is 7.92. The largest absolute Gasteiger partial charge is 0.492 e. The van der Waals surface area contributed by atoms with E-state index in [1.807, 2.05) is 6.92 Å². The summed E-state index contributed by atoms with van der Waals surface area (Å²) >= 11 is 12.1. The number of nitrogens with zero attached hydrogens (tertiary/aromatic N) is 1. The molecule has 2 aromatic rings. The Balaban J connectivity index is 2.43. The molecule has 0 aliphatic heterocycles. The molecule has 0 fully saturated rings. The number of nitrogens with one attached hydrogen (secondary N) is 1. The van der Waals surface area contributed by atoms with Gasteiger partial charge in [-0.2, -0.15) is 0 Å². The zero-order chi connectivity index (χ0) is 20.9. The van der Waals surface area contributed by atoms with Crippen LogP contribution in [0.25, 0.3) is 0 Å². The highest BCUT2D eigenvalue weighted by atomic mass is 35.5. The van der Waals surface area contributed by atoms with E-state index >= 15 is 0 Å². The fourth-order valence-corrected chi connectivity index (χ4v) is 4.50. The number of benzene rings is 2. The smallest absolute Gasteiger partial charge is 0.248 e. The average molecular weight is 445 g/mol. The third-order valence-corrected chi connectivity index (χ3v) is 5.49. The first-order valence-corrected chi connectivity index (χ1v) is 11.3. The Morgan fingerprint density at radius 3 is 2.29 bits per heavy atom. The zero-order valence-corrected chi connectivity index (χ0v) is 18.1. The quantitative estimate of drug-likeness (QED) is 0.646. The highest BCUT2D eigenvalue weighted by Crippen LogP contribution is 2.30. The minimum absolute atomic E-state index is 0.222. The maximum atomic E-state index is 13.0. The van der Waals surface area contributed by atoms with Gasteiger partial charge in [-0.15, -0.1) is 0 Å². The standard InChI is InChI=1S/C19H22Cl2N2O4S/c1-4-17(19(24)22-16-8-6-7-9-18(16)27-5-2)23(28(3,25)26)15-11-13(20)10-14(21)12-15/h6-12,17H,4-5H2,1-3H3,(H,22,24). The summed E-state index contributed by atoms with van der Waals surface area (Å²) in [6.45, 7) is 3.99. The number of hydrogen-bond acceptors (Lipinski definition) is 4.